The van der Waals surface area contributed by atoms with Gasteiger partial charge in [0.25, 0.3) is 11.8 Å². The van der Waals surface area contributed by atoms with Crippen LogP contribution in [0, 0.1) is 0 Å². The topological polar surface area (TPSA) is 80.8 Å². The van der Waals surface area contributed by atoms with Gasteiger partial charge in [0.15, 0.2) is 11.5 Å². The molecule has 0 atom stereocenters. The van der Waals surface area contributed by atoms with Crippen molar-refractivity contribution in [2.24, 2.45) is 0 Å². The molecule has 4 rings (SSSR count). The number of piperidine rings is 1. The van der Waals surface area contributed by atoms with Gasteiger partial charge in [-0.15, -0.1) is 0 Å². The molecule has 2 aromatic rings. The Morgan fingerprint density at radius 3 is 2.70 bits per heavy atom. The van der Waals surface area contributed by atoms with E-state index in [0.717, 1.165) is 37.9 Å². The van der Waals surface area contributed by atoms with Crippen molar-refractivity contribution in [3.63, 3.8) is 0 Å². The van der Waals surface area contributed by atoms with Gasteiger partial charge in [-0.3, -0.25) is 14.6 Å². The molecule has 7 heteroatoms. The monoisotopic (exact) mass is 367 g/mol. The molecule has 0 bridgehead atoms. The van der Waals surface area contributed by atoms with Gasteiger partial charge >= 0.3 is 0 Å². The molecular weight excluding hydrogens is 346 g/mol. The molecule has 2 aliphatic rings. The zero-order valence-corrected chi connectivity index (χ0v) is 14.9. The van der Waals surface area contributed by atoms with Crippen LogP contribution in [0.5, 0.6) is 11.5 Å². The maximum absolute atomic E-state index is 12.6. The normalized spacial score (nSPS) is 15.5. The van der Waals surface area contributed by atoms with Crippen molar-refractivity contribution in [3.05, 3.63) is 53.3 Å². The van der Waals surface area contributed by atoms with Crippen LogP contribution >= 0.6 is 0 Å². The molecule has 0 unspecified atom stereocenters. The highest BCUT2D eigenvalue weighted by atomic mass is 16.7. The number of likely N-dealkylation sites (tertiary alicyclic amines) is 1. The Bertz CT molecular complexity index is 862. The standard InChI is InChI=1S/C20H21N3O4/c24-19(22-12-14-4-5-17-18(10-14)27-13-26-17)15-6-7-21-16(11-15)20(25)23-8-2-1-3-9-23/h4-7,10-11H,1-3,8-9,12-13H2,(H,22,24). The van der Waals surface area contributed by atoms with Crippen molar-refractivity contribution in [3.8, 4) is 11.5 Å². The number of carbonyl (C=O) groups excluding carboxylic acids is 2. The molecule has 1 saturated heterocycles. The highest BCUT2D eigenvalue weighted by Gasteiger charge is 2.20. The number of fused-ring (bicyclic) bond motifs is 1. The molecular formula is C20H21N3O4. The number of pyridine rings is 1. The van der Waals surface area contributed by atoms with E-state index in [1.165, 1.54) is 6.20 Å². The molecule has 1 aromatic carbocycles. The van der Waals surface area contributed by atoms with Crippen molar-refractivity contribution in [2.45, 2.75) is 25.8 Å². The Hall–Kier alpha value is -3.09. The molecule has 1 fully saturated rings. The molecule has 27 heavy (non-hydrogen) atoms. The Labute approximate surface area is 157 Å². The number of benzene rings is 1. The molecule has 2 aliphatic heterocycles. The largest absolute Gasteiger partial charge is 0.454 e. The molecule has 0 aliphatic carbocycles. The maximum Gasteiger partial charge on any atom is 0.272 e. The van der Waals surface area contributed by atoms with Crippen LogP contribution in [0.3, 0.4) is 0 Å². The van der Waals surface area contributed by atoms with Crippen molar-refractivity contribution >= 4 is 11.8 Å². The summed E-state index contributed by atoms with van der Waals surface area (Å²) < 4.78 is 10.6. The SMILES string of the molecule is O=C(NCc1ccc2c(c1)OCO2)c1ccnc(C(=O)N2CCCCC2)c1. The van der Waals surface area contributed by atoms with E-state index in [2.05, 4.69) is 10.3 Å². The molecule has 0 radical (unpaired) electrons. The first kappa shape index (κ1) is 17.3. The van der Waals surface area contributed by atoms with Crippen LogP contribution in [0.1, 0.15) is 45.7 Å². The fraction of sp³-hybridized carbons (Fsp3) is 0.350. The van der Waals surface area contributed by atoms with E-state index in [1.807, 2.05) is 18.2 Å². The second-order valence-electron chi connectivity index (χ2n) is 6.65. The van der Waals surface area contributed by atoms with Gasteiger partial charge in [0.2, 0.25) is 6.79 Å². The number of nitrogens with zero attached hydrogens (tertiary/aromatic N) is 2. The fourth-order valence-corrected chi connectivity index (χ4v) is 3.28. The highest BCUT2D eigenvalue weighted by molar-refractivity contribution is 5.98. The first-order valence-electron chi connectivity index (χ1n) is 9.13. The Morgan fingerprint density at radius 1 is 1.04 bits per heavy atom. The lowest BCUT2D eigenvalue weighted by Gasteiger charge is -2.26. The van der Waals surface area contributed by atoms with Gasteiger partial charge in [0.1, 0.15) is 5.69 Å². The minimum absolute atomic E-state index is 0.111. The Kier molecular flexibility index (Phi) is 4.91. The molecule has 0 spiro atoms. The Morgan fingerprint density at radius 2 is 1.85 bits per heavy atom. The molecule has 3 heterocycles. The zero-order valence-electron chi connectivity index (χ0n) is 14.9. The first-order valence-corrected chi connectivity index (χ1v) is 9.13. The van der Waals surface area contributed by atoms with Gasteiger partial charge in [0.05, 0.1) is 0 Å². The molecule has 1 N–H and O–H groups in total. The number of nitrogens with one attached hydrogen (secondary N) is 1. The second kappa shape index (κ2) is 7.65. The van der Waals surface area contributed by atoms with E-state index < -0.39 is 0 Å². The summed E-state index contributed by atoms with van der Waals surface area (Å²) >= 11 is 0. The van der Waals surface area contributed by atoms with Crippen LogP contribution in [0.2, 0.25) is 0 Å². The summed E-state index contributed by atoms with van der Waals surface area (Å²) in [6.07, 6.45) is 4.69. The van der Waals surface area contributed by atoms with Crippen molar-refractivity contribution in [2.75, 3.05) is 19.9 Å². The third-order valence-corrected chi connectivity index (χ3v) is 4.77. The van der Waals surface area contributed by atoms with Crippen LogP contribution in [0.4, 0.5) is 0 Å². The van der Waals surface area contributed by atoms with Gasteiger partial charge in [-0.05, 0) is 49.1 Å². The van der Waals surface area contributed by atoms with Crippen molar-refractivity contribution in [1.82, 2.24) is 15.2 Å². The van der Waals surface area contributed by atoms with E-state index in [0.29, 0.717) is 29.3 Å². The molecule has 140 valence electrons. The molecule has 2 amide bonds. The van der Waals surface area contributed by atoms with Gasteiger partial charge in [-0.2, -0.15) is 0 Å². The van der Waals surface area contributed by atoms with Gasteiger partial charge in [-0.25, -0.2) is 0 Å². The summed E-state index contributed by atoms with van der Waals surface area (Å²) in [5.41, 5.74) is 1.64. The summed E-state index contributed by atoms with van der Waals surface area (Å²) in [5, 5.41) is 2.86. The summed E-state index contributed by atoms with van der Waals surface area (Å²) in [7, 11) is 0. The lowest BCUT2D eigenvalue weighted by Crippen LogP contribution is -2.36. The predicted octanol–water partition coefficient (Wildman–Crippen LogP) is 2.37. The van der Waals surface area contributed by atoms with E-state index in [-0.39, 0.29) is 18.6 Å². The minimum Gasteiger partial charge on any atom is -0.454 e. The highest BCUT2D eigenvalue weighted by Crippen LogP contribution is 2.32. The third kappa shape index (κ3) is 3.86. The van der Waals surface area contributed by atoms with Crippen LogP contribution in [-0.4, -0.2) is 41.6 Å². The van der Waals surface area contributed by atoms with Crippen LogP contribution in [0.25, 0.3) is 0 Å². The molecule has 1 aromatic heterocycles. The molecule has 7 nitrogen and oxygen atoms in total. The fourth-order valence-electron chi connectivity index (χ4n) is 3.28. The summed E-state index contributed by atoms with van der Waals surface area (Å²) in [6.45, 7) is 2.07. The lowest BCUT2D eigenvalue weighted by molar-refractivity contribution is 0.0718. The average molecular weight is 367 g/mol. The van der Waals surface area contributed by atoms with E-state index >= 15 is 0 Å². The second-order valence-corrected chi connectivity index (χ2v) is 6.65. The number of hydrogen-bond donors (Lipinski definition) is 1. The summed E-state index contributed by atoms with van der Waals surface area (Å²) in [5.74, 6) is 1.03. The minimum atomic E-state index is -0.247. The number of aromatic nitrogens is 1. The summed E-state index contributed by atoms with van der Waals surface area (Å²) in [4.78, 5) is 31.0. The predicted molar refractivity (Wildman–Crippen MR) is 97.7 cm³/mol. The molecule has 0 saturated carbocycles. The number of hydrogen-bond acceptors (Lipinski definition) is 5. The quantitative estimate of drug-likeness (QED) is 0.897. The number of rotatable bonds is 4. The lowest BCUT2D eigenvalue weighted by atomic mass is 10.1. The summed E-state index contributed by atoms with van der Waals surface area (Å²) in [6, 6.07) is 8.73. The van der Waals surface area contributed by atoms with E-state index in [9.17, 15) is 9.59 Å². The van der Waals surface area contributed by atoms with Gasteiger partial charge < -0.3 is 19.7 Å². The number of carbonyl (C=O) groups is 2. The van der Waals surface area contributed by atoms with Crippen molar-refractivity contribution in [1.29, 1.82) is 0 Å². The number of amides is 2. The smallest absolute Gasteiger partial charge is 0.272 e. The van der Waals surface area contributed by atoms with E-state index in [1.54, 1.807) is 17.0 Å². The maximum atomic E-state index is 12.6. The average Bonchev–Trinajstić information content (AvgIpc) is 3.20. The van der Waals surface area contributed by atoms with Gasteiger partial charge in [-0.1, -0.05) is 6.07 Å². The van der Waals surface area contributed by atoms with Crippen molar-refractivity contribution < 1.29 is 19.1 Å². The van der Waals surface area contributed by atoms with Crippen LogP contribution < -0.4 is 14.8 Å². The van der Waals surface area contributed by atoms with Crippen LogP contribution in [0.15, 0.2) is 36.5 Å². The third-order valence-electron chi connectivity index (χ3n) is 4.77. The zero-order chi connectivity index (χ0) is 18.6. The number of ether oxygens (including phenoxy) is 2. The van der Waals surface area contributed by atoms with Crippen LogP contribution in [-0.2, 0) is 6.54 Å². The van der Waals surface area contributed by atoms with Gasteiger partial charge in [0, 0.05) is 31.4 Å². The Balaban J connectivity index is 1.40. The van der Waals surface area contributed by atoms with E-state index in [4.69, 9.17) is 9.47 Å². The first-order chi connectivity index (χ1) is 13.2.